The molecule has 23 heavy (non-hydrogen) atoms. The van der Waals surface area contributed by atoms with E-state index in [2.05, 4.69) is 15.1 Å². The van der Waals surface area contributed by atoms with E-state index in [1.807, 2.05) is 0 Å². The zero-order valence-electron chi connectivity index (χ0n) is 12.5. The van der Waals surface area contributed by atoms with E-state index < -0.39 is 6.61 Å². The summed E-state index contributed by atoms with van der Waals surface area (Å²) >= 11 is 1.51. The fourth-order valence-corrected chi connectivity index (χ4v) is 3.39. The molecule has 0 bridgehead atoms. The number of aliphatic hydroxyl groups excluding tert-OH is 1. The molecule has 0 unspecified atom stereocenters. The summed E-state index contributed by atoms with van der Waals surface area (Å²) in [5, 5.41) is 19.0. The van der Waals surface area contributed by atoms with Crippen molar-refractivity contribution < 1.29 is 14.3 Å². The lowest BCUT2D eigenvalue weighted by molar-refractivity contribution is -0.134. The number of piperazine rings is 1. The first-order valence-electron chi connectivity index (χ1n) is 7.36. The van der Waals surface area contributed by atoms with Gasteiger partial charge in [0.1, 0.15) is 17.4 Å². The van der Waals surface area contributed by atoms with Crippen LogP contribution in [0.5, 0.6) is 0 Å². The molecule has 1 amide bonds. The minimum Gasteiger partial charge on any atom is -0.387 e. The zero-order valence-corrected chi connectivity index (χ0v) is 13.3. The van der Waals surface area contributed by atoms with Crippen LogP contribution in [-0.4, -0.2) is 58.9 Å². The minimum absolute atomic E-state index is 0.237. The number of carbonyl (C=O) groups excluding carboxylic acids is 1. The van der Waals surface area contributed by atoms with Gasteiger partial charge in [-0.05, 0) is 17.7 Å². The summed E-state index contributed by atoms with van der Waals surface area (Å²) in [7, 11) is 0. The zero-order chi connectivity index (χ0) is 16.2. The molecule has 0 radical (unpaired) electrons. The van der Waals surface area contributed by atoms with Crippen LogP contribution in [-0.2, 0) is 11.2 Å². The van der Waals surface area contributed by atoms with Crippen LogP contribution in [0.4, 0.5) is 9.52 Å². The Labute approximate surface area is 137 Å². The molecule has 3 rings (SSSR count). The number of nitrogens with zero attached hydrogens (tertiary/aromatic N) is 4. The molecule has 0 saturated carbocycles. The summed E-state index contributed by atoms with van der Waals surface area (Å²) in [4.78, 5) is 15.2. The largest absolute Gasteiger partial charge is 0.387 e. The molecule has 8 heteroatoms. The Morgan fingerprint density at radius 3 is 2.52 bits per heavy atom. The molecule has 1 fully saturated rings. The Kier molecular flexibility index (Phi) is 4.82. The fraction of sp³-hybridized carbons (Fsp3) is 0.400. The number of aliphatic hydroxyl groups is 1. The van der Waals surface area contributed by atoms with Gasteiger partial charge in [0, 0.05) is 32.6 Å². The maximum atomic E-state index is 12.9. The SMILES string of the molecule is O=C(CO)N1CCN(c2nnc(Cc3ccc(F)cc3)s2)CC1. The van der Waals surface area contributed by atoms with Crippen molar-refractivity contribution in [1.82, 2.24) is 15.1 Å². The quantitative estimate of drug-likeness (QED) is 0.899. The van der Waals surface area contributed by atoms with Gasteiger partial charge in [-0.15, -0.1) is 10.2 Å². The van der Waals surface area contributed by atoms with Crippen LogP contribution in [0, 0.1) is 5.82 Å². The van der Waals surface area contributed by atoms with E-state index in [4.69, 9.17) is 5.11 Å². The average Bonchev–Trinajstić information content (AvgIpc) is 3.05. The van der Waals surface area contributed by atoms with E-state index in [1.165, 1.54) is 23.5 Å². The van der Waals surface area contributed by atoms with Gasteiger partial charge in [0.2, 0.25) is 11.0 Å². The van der Waals surface area contributed by atoms with Gasteiger partial charge < -0.3 is 14.9 Å². The number of halogens is 1. The highest BCUT2D eigenvalue weighted by atomic mass is 32.1. The molecule has 122 valence electrons. The predicted molar refractivity (Wildman–Crippen MR) is 85.0 cm³/mol. The van der Waals surface area contributed by atoms with Crippen molar-refractivity contribution in [1.29, 1.82) is 0 Å². The molecule has 0 aliphatic carbocycles. The minimum atomic E-state index is -0.444. The first-order valence-corrected chi connectivity index (χ1v) is 8.18. The van der Waals surface area contributed by atoms with Crippen LogP contribution in [0.3, 0.4) is 0 Å². The monoisotopic (exact) mass is 336 g/mol. The molecule has 1 N–H and O–H groups in total. The highest BCUT2D eigenvalue weighted by Crippen LogP contribution is 2.23. The molecule has 1 aromatic heterocycles. The Hall–Kier alpha value is -2.06. The molecule has 1 aromatic carbocycles. The number of rotatable bonds is 4. The molecule has 1 aliphatic rings. The van der Waals surface area contributed by atoms with Gasteiger partial charge in [-0.3, -0.25) is 4.79 Å². The maximum absolute atomic E-state index is 12.9. The molecular weight excluding hydrogens is 319 g/mol. The normalized spacial score (nSPS) is 15.0. The second-order valence-corrected chi connectivity index (χ2v) is 6.35. The Morgan fingerprint density at radius 2 is 1.87 bits per heavy atom. The van der Waals surface area contributed by atoms with Crippen molar-refractivity contribution in [3.63, 3.8) is 0 Å². The second kappa shape index (κ2) is 7.01. The van der Waals surface area contributed by atoms with E-state index >= 15 is 0 Å². The van der Waals surface area contributed by atoms with Gasteiger partial charge in [-0.2, -0.15) is 0 Å². The van der Waals surface area contributed by atoms with Gasteiger partial charge in [0.25, 0.3) is 0 Å². The lowest BCUT2D eigenvalue weighted by atomic mass is 10.2. The molecule has 2 aromatic rings. The first kappa shape index (κ1) is 15.8. The second-order valence-electron chi connectivity index (χ2n) is 5.31. The van der Waals surface area contributed by atoms with Crippen LogP contribution in [0.15, 0.2) is 24.3 Å². The van der Waals surface area contributed by atoms with Gasteiger partial charge in [0.05, 0.1) is 0 Å². The molecule has 1 aliphatic heterocycles. The number of benzene rings is 1. The lowest BCUT2D eigenvalue weighted by Crippen LogP contribution is -2.49. The average molecular weight is 336 g/mol. The van der Waals surface area contributed by atoms with Gasteiger partial charge in [-0.25, -0.2) is 4.39 Å². The molecule has 2 heterocycles. The van der Waals surface area contributed by atoms with Gasteiger partial charge in [0.15, 0.2) is 0 Å². The maximum Gasteiger partial charge on any atom is 0.248 e. The number of hydrogen-bond donors (Lipinski definition) is 1. The summed E-state index contributed by atoms with van der Waals surface area (Å²) in [6.45, 7) is 2.06. The smallest absolute Gasteiger partial charge is 0.248 e. The Balaban J connectivity index is 1.59. The predicted octanol–water partition coefficient (Wildman–Crippen LogP) is 0.909. The molecule has 0 spiro atoms. The van der Waals surface area contributed by atoms with Crippen molar-refractivity contribution in [2.24, 2.45) is 0 Å². The number of hydrogen-bond acceptors (Lipinski definition) is 6. The van der Waals surface area contributed by atoms with Gasteiger partial charge >= 0.3 is 0 Å². The van der Waals surface area contributed by atoms with Crippen molar-refractivity contribution in [2.75, 3.05) is 37.7 Å². The summed E-state index contributed by atoms with van der Waals surface area (Å²) in [6.07, 6.45) is 0.626. The van der Waals surface area contributed by atoms with Crippen LogP contribution in [0.25, 0.3) is 0 Å². The summed E-state index contributed by atoms with van der Waals surface area (Å²) in [5.74, 6) is -0.485. The van der Waals surface area contributed by atoms with Crippen molar-refractivity contribution >= 4 is 22.4 Å². The van der Waals surface area contributed by atoms with Crippen LogP contribution < -0.4 is 4.90 Å². The van der Waals surface area contributed by atoms with Crippen LogP contribution in [0.1, 0.15) is 10.6 Å². The number of aromatic nitrogens is 2. The topological polar surface area (TPSA) is 69.6 Å². The van der Waals surface area contributed by atoms with E-state index in [1.54, 1.807) is 17.0 Å². The molecule has 6 nitrogen and oxygen atoms in total. The Bertz CT molecular complexity index is 668. The standard InChI is InChI=1S/C15H17FN4O2S/c16-12-3-1-11(2-4-12)9-13-17-18-15(23-13)20-7-5-19(6-8-20)14(22)10-21/h1-4,21H,5-10H2. The number of amides is 1. The first-order chi connectivity index (χ1) is 11.2. The van der Waals surface area contributed by atoms with Gasteiger partial charge in [-0.1, -0.05) is 23.5 Å². The molecular formula is C15H17FN4O2S. The van der Waals surface area contributed by atoms with Crippen molar-refractivity contribution in [3.05, 3.63) is 40.7 Å². The van der Waals surface area contributed by atoms with Crippen molar-refractivity contribution in [3.8, 4) is 0 Å². The molecule has 1 saturated heterocycles. The third-order valence-electron chi connectivity index (χ3n) is 3.76. The third kappa shape index (κ3) is 3.83. The molecule has 0 atom stereocenters. The van der Waals surface area contributed by atoms with Crippen molar-refractivity contribution in [2.45, 2.75) is 6.42 Å². The Morgan fingerprint density at radius 1 is 1.17 bits per heavy atom. The highest BCUT2D eigenvalue weighted by molar-refractivity contribution is 7.15. The summed E-state index contributed by atoms with van der Waals surface area (Å²) < 4.78 is 12.9. The number of carbonyl (C=O) groups is 1. The van der Waals surface area contributed by atoms with E-state index in [0.717, 1.165) is 15.7 Å². The fourth-order valence-electron chi connectivity index (χ4n) is 2.47. The van der Waals surface area contributed by atoms with Crippen LogP contribution >= 0.6 is 11.3 Å². The lowest BCUT2D eigenvalue weighted by Gasteiger charge is -2.33. The number of anilines is 1. The van der Waals surface area contributed by atoms with E-state index in [0.29, 0.717) is 32.6 Å². The summed E-state index contributed by atoms with van der Waals surface area (Å²) in [5.41, 5.74) is 0.993. The summed E-state index contributed by atoms with van der Waals surface area (Å²) in [6, 6.07) is 6.37. The highest BCUT2D eigenvalue weighted by Gasteiger charge is 2.22. The van der Waals surface area contributed by atoms with E-state index in [-0.39, 0.29) is 11.7 Å². The van der Waals surface area contributed by atoms with Crippen LogP contribution in [0.2, 0.25) is 0 Å². The van der Waals surface area contributed by atoms with E-state index in [9.17, 15) is 9.18 Å². The third-order valence-corrected chi connectivity index (χ3v) is 4.75.